The maximum Gasteiger partial charge on any atom is 0.228 e. The molecule has 2 aliphatic carbocycles. The van der Waals surface area contributed by atoms with Gasteiger partial charge >= 0.3 is 0 Å². The Morgan fingerprint density at radius 1 is 1.35 bits per heavy atom. The van der Waals surface area contributed by atoms with E-state index in [1.54, 1.807) is 18.2 Å². The lowest BCUT2D eigenvalue weighted by atomic mass is 10.0. The first-order valence-electron chi connectivity index (χ1n) is 5.78. The second-order valence-corrected chi connectivity index (χ2v) is 5.13. The minimum atomic E-state index is -0.324. The van der Waals surface area contributed by atoms with Gasteiger partial charge in [0.05, 0.1) is 5.92 Å². The van der Waals surface area contributed by atoms with E-state index in [9.17, 15) is 9.59 Å². The monoisotopic (exact) mass is 249 g/mol. The summed E-state index contributed by atoms with van der Waals surface area (Å²) in [6.07, 6.45) is 2.38. The van der Waals surface area contributed by atoms with E-state index in [0.717, 1.165) is 18.4 Å². The molecular weight excluding hydrogens is 238 g/mol. The summed E-state index contributed by atoms with van der Waals surface area (Å²) in [6.45, 7) is 0. The van der Waals surface area contributed by atoms with Crippen LogP contribution >= 0.6 is 11.6 Å². The van der Waals surface area contributed by atoms with E-state index in [1.165, 1.54) is 0 Å². The number of nitrogens with one attached hydrogen (secondary N) is 1. The fraction of sp³-hybridized carbons (Fsp3) is 0.385. The Labute approximate surface area is 104 Å². The van der Waals surface area contributed by atoms with Gasteiger partial charge in [0.2, 0.25) is 5.91 Å². The van der Waals surface area contributed by atoms with Gasteiger partial charge < -0.3 is 5.32 Å². The van der Waals surface area contributed by atoms with Gasteiger partial charge in [-0.05, 0) is 30.5 Å². The summed E-state index contributed by atoms with van der Waals surface area (Å²) in [6, 6.07) is 5.51. The fourth-order valence-electron chi connectivity index (χ4n) is 2.24. The summed E-state index contributed by atoms with van der Waals surface area (Å²) in [4.78, 5) is 23.8. The Morgan fingerprint density at radius 3 is 2.82 bits per heavy atom. The smallest absolute Gasteiger partial charge is 0.228 e. The Kier molecular flexibility index (Phi) is 2.44. The lowest BCUT2D eigenvalue weighted by molar-refractivity contribution is -0.122. The van der Waals surface area contributed by atoms with Crippen molar-refractivity contribution in [3.8, 4) is 0 Å². The van der Waals surface area contributed by atoms with Gasteiger partial charge in [-0.2, -0.15) is 0 Å². The molecule has 1 N–H and O–H groups in total. The molecule has 3 nitrogen and oxygen atoms in total. The maximum atomic E-state index is 12.0. The highest BCUT2D eigenvalue weighted by atomic mass is 35.5. The molecule has 0 aliphatic heterocycles. The van der Waals surface area contributed by atoms with E-state index in [1.807, 2.05) is 0 Å². The normalized spacial score (nSPS) is 22.4. The third-order valence-corrected chi connectivity index (χ3v) is 3.56. The summed E-state index contributed by atoms with van der Waals surface area (Å²) in [5, 5.41) is 3.49. The zero-order chi connectivity index (χ0) is 12.0. The Bertz CT molecular complexity index is 508. The minimum Gasteiger partial charge on any atom is -0.353 e. The molecule has 1 amide bonds. The van der Waals surface area contributed by atoms with E-state index in [4.69, 9.17) is 11.6 Å². The molecule has 1 unspecified atom stereocenters. The summed E-state index contributed by atoms with van der Waals surface area (Å²) in [7, 11) is 0. The highest BCUT2D eigenvalue weighted by Gasteiger charge is 2.36. The molecule has 1 saturated carbocycles. The van der Waals surface area contributed by atoms with Crippen LogP contribution in [-0.4, -0.2) is 17.7 Å². The van der Waals surface area contributed by atoms with Crippen LogP contribution in [0.3, 0.4) is 0 Å². The molecule has 0 bridgehead atoms. The first kappa shape index (κ1) is 10.8. The number of carbonyl (C=O) groups excluding carboxylic acids is 2. The van der Waals surface area contributed by atoms with Crippen molar-refractivity contribution in [1.82, 2.24) is 5.32 Å². The molecule has 17 heavy (non-hydrogen) atoms. The second kappa shape index (κ2) is 3.84. The Hall–Kier alpha value is -1.35. The van der Waals surface area contributed by atoms with E-state index >= 15 is 0 Å². The molecule has 2 aliphatic rings. The average molecular weight is 250 g/mol. The van der Waals surface area contributed by atoms with Crippen LogP contribution in [-0.2, 0) is 4.79 Å². The zero-order valence-electron chi connectivity index (χ0n) is 9.20. The Morgan fingerprint density at radius 2 is 2.12 bits per heavy atom. The molecule has 1 fully saturated rings. The number of hydrogen-bond donors (Lipinski definition) is 1. The van der Waals surface area contributed by atoms with Gasteiger partial charge in [0, 0.05) is 23.0 Å². The van der Waals surface area contributed by atoms with Crippen LogP contribution < -0.4 is 5.32 Å². The summed E-state index contributed by atoms with van der Waals surface area (Å²) < 4.78 is 0. The number of benzene rings is 1. The lowest BCUT2D eigenvalue weighted by Crippen LogP contribution is -2.30. The van der Waals surface area contributed by atoms with Crippen LogP contribution in [0, 0.1) is 0 Å². The number of halogens is 1. The van der Waals surface area contributed by atoms with Crippen molar-refractivity contribution in [2.24, 2.45) is 0 Å². The number of rotatable bonds is 2. The predicted octanol–water partition coefficient (Wildman–Crippen LogP) is 2.29. The summed E-state index contributed by atoms with van der Waals surface area (Å²) in [5.74, 6) is -0.337. The van der Waals surface area contributed by atoms with Gasteiger partial charge in [0.25, 0.3) is 0 Å². The highest BCUT2D eigenvalue weighted by molar-refractivity contribution is 6.31. The molecule has 0 saturated heterocycles. The van der Waals surface area contributed by atoms with Gasteiger partial charge in [-0.15, -0.1) is 0 Å². The van der Waals surface area contributed by atoms with Crippen LogP contribution in [0.15, 0.2) is 18.2 Å². The first-order chi connectivity index (χ1) is 8.15. The molecule has 88 valence electrons. The van der Waals surface area contributed by atoms with Crippen molar-refractivity contribution in [2.75, 3.05) is 0 Å². The van der Waals surface area contributed by atoms with Crippen molar-refractivity contribution in [3.63, 3.8) is 0 Å². The number of Topliss-reactive ketones (excluding diaryl/α,β-unsaturated/α-hetero) is 1. The molecule has 0 aromatic heterocycles. The third kappa shape index (κ3) is 1.95. The number of fused-ring (bicyclic) bond motifs is 1. The molecule has 4 heteroatoms. The zero-order valence-corrected chi connectivity index (χ0v) is 9.96. The fourth-order valence-corrected chi connectivity index (χ4v) is 2.41. The van der Waals surface area contributed by atoms with Crippen LogP contribution in [0.1, 0.15) is 41.1 Å². The van der Waals surface area contributed by atoms with Crippen molar-refractivity contribution >= 4 is 23.3 Å². The van der Waals surface area contributed by atoms with Crippen molar-refractivity contribution in [1.29, 1.82) is 0 Å². The quantitative estimate of drug-likeness (QED) is 0.874. The first-order valence-corrected chi connectivity index (χ1v) is 6.16. The molecule has 0 heterocycles. The third-order valence-electron chi connectivity index (χ3n) is 3.32. The molecular formula is C13H12ClNO2. The maximum absolute atomic E-state index is 12.0. The highest BCUT2D eigenvalue weighted by Crippen LogP contribution is 2.35. The van der Waals surface area contributed by atoms with Crippen molar-refractivity contribution in [2.45, 2.75) is 31.2 Å². The number of amides is 1. The van der Waals surface area contributed by atoms with Crippen LogP contribution in [0.2, 0.25) is 5.02 Å². The summed E-state index contributed by atoms with van der Waals surface area (Å²) >= 11 is 5.86. The number of ketones is 1. The molecule has 0 radical (unpaired) electrons. The molecule has 1 aromatic rings. The molecule has 1 atom stereocenters. The Balaban J connectivity index is 1.89. The van der Waals surface area contributed by atoms with E-state index < -0.39 is 0 Å². The number of hydrogen-bond acceptors (Lipinski definition) is 2. The standard InChI is InChI=1S/C13H12ClNO2/c14-7-1-4-9-10(5-7)12(16)6-11(9)13(17)15-8-2-3-8/h1,4-5,8,11H,2-3,6H2,(H,15,17). The lowest BCUT2D eigenvalue weighted by Gasteiger charge is -2.10. The van der Waals surface area contributed by atoms with Gasteiger partial charge in [-0.3, -0.25) is 9.59 Å². The van der Waals surface area contributed by atoms with Gasteiger partial charge in [0.1, 0.15) is 0 Å². The van der Waals surface area contributed by atoms with Gasteiger partial charge in [-0.25, -0.2) is 0 Å². The SMILES string of the molecule is O=C1CC(C(=O)NC2CC2)c2ccc(Cl)cc21. The minimum absolute atomic E-state index is 0.0125. The van der Waals surface area contributed by atoms with Gasteiger partial charge in [0.15, 0.2) is 5.78 Å². The molecule has 3 rings (SSSR count). The van der Waals surface area contributed by atoms with Crippen molar-refractivity contribution in [3.05, 3.63) is 34.3 Å². The van der Waals surface area contributed by atoms with E-state index in [2.05, 4.69) is 5.32 Å². The van der Waals surface area contributed by atoms with Gasteiger partial charge in [-0.1, -0.05) is 17.7 Å². The summed E-state index contributed by atoms with van der Waals surface area (Å²) in [5.41, 5.74) is 1.42. The van der Waals surface area contributed by atoms with Crippen LogP contribution in [0.4, 0.5) is 0 Å². The number of carbonyl (C=O) groups is 2. The average Bonchev–Trinajstić information content (AvgIpc) is 3.04. The van der Waals surface area contributed by atoms with E-state index in [-0.39, 0.29) is 24.0 Å². The molecule has 0 spiro atoms. The van der Waals surface area contributed by atoms with E-state index in [0.29, 0.717) is 16.6 Å². The topological polar surface area (TPSA) is 46.2 Å². The van der Waals surface area contributed by atoms with Crippen molar-refractivity contribution < 1.29 is 9.59 Å². The van der Waals surface area contributed by atoms with Crippen LogP contribution in [0.25, 0.3) is 0 Å². The van der Waals surface area contributed by atoms with Crippen LogP contribution in [0.5, 0.6) is 0 Å². The molecule has 1 aromatic carbocycles. The predicted molar refractivity (Wildman–Crippen MR) is 64.3 cm³/mol. The second-order valence-electron chi connectivity index (χ2n) is 4.69. The largest absolute Gasteiger partial charge is 0.353 e.